The molecule has 0 N–H and O–H groups in total. The van der Waals surface area contributed by atoms with E-state index in [2.05, 4.69) is 182 Å². The van der Waals surface area contributed by atoms with Crippen LogP contribution in [0.5, 0.6) is 0 Å². The van der Waals surface area contributed by atoms with Crippen LogP contribution in [0.25, 0.3) is 11.1 Å². The fourth-order valence-corrected chi connectivity index (χ4v) is 8.92. The van der Waals surface area contributed by atoms with E-state index >= 15 is 0 Å². The van der Waals surface area contributed by atoms with Crippen LogP contribution >= 0.6 is 11.8 Å². The van der Waals surface area contributed by atoms with Gasteiger partial charge in [-0.1, -0.05) is 170 Å². The average molecular weight is 541 g/mol. The van der Waals surface area contributed by atoms with Gasteiger partial charge >= 0.3 is 0 Å². The lowest BCUT2D eigenvalue weighted by molar-refractivity contribution is 0.682. The summed E-state index contributed by atoms with van der Waals surface area (Å²) in [5.41, 5.74) is 13.1. The first-order valence-corrected chi connectivity index (χ1v) is 15.0. The van der Waals surface area contributed by atoms with Gasteiger partial charge in [0, 0.05) is 0 Å². The van der Waals surface area contributed by atoms with Gasteiger partial charge < -0.3 is 0 Å². The van der Waals surface area contributed by atoms with Crippen LogP contribution in [0.3, 0.4) is 0 Å². The predicted octanol–water partition coefficient (Wildman–Crippen LogP) is 9.94. The topological polar surface area (TPSA) is 0 Å². The molecule has 0 bridgehead atoms. The molecule has 0 nitrogen and oxygen atoms in total. The molecular formula is C40H28S. The van der Waals surface area contributed by atoms with Crippen LogP contribution in [-0.2, 0) is 9.49 Å². The van der Waals surface area contributed by atoms with E-state index in [0.29, 0.717) is 0 Å². The molecule has 1 spiro atoms. The maximum Gasteiger partial charge on any atom is 0.0911 e. The van der Waals surface area contributed by atoms with Crippen LogP contribution in [0.4, 0.5) is 0 Å². The molecule has 1 saturated heterocycles. The summed E-state index contributed by atoms with van der Waals surface area (Å²) in [5.74, 6) is 0. The molecule has 0 atom stereocenters. The largest absolute Gasteiger partial charge is 0.124 e. The molecule has 0 amide bonds. The minimum atomic E-state index is -0.245. The highest BCUT2D eigenvalue weighted by atomic mass is 32.2. The third-order valence-electron chi connectivity index (χ3n) is 8.65. The van der Waals surface area contributed by atoms with Crippen molar-refractivity contribution in [2.75, 3.05) is 0 Å². The Kier molecular flexibility index (Phi) is 5.62. The molecule has 6 aromatic carbocycles. The Morgan fingerprint density at radius 1 is 0.366 bits per heavy atom. The first kappa shape index (κ1) is 24.2. The van der Waals surface area contributed by atoms with E-state index in [9.17, 15) is 0 Å². The van der Waals surface area contributed by atoms with E-state index in [0.717, 1.165) is 0 Å². The second-order valence-electron chi connectivity index (χ2n) is 10.8. The summed E-state index contributed by atoms with van der Waals surface area (Å²) in [6.07, 6.45) is 0. The molecular weight excluding hydrogens is 513 g/mol. The van der Waals surface area contributed by atoms with Crippen LogP contribution in [-0.4, -0.2) is 0 Å². The third-order valence-corrected chi connectivity index (χ3v) is 10.6. The fraction of sp³-hybridized carbons (Fsp3) is 0.0500. The maximum atomic E-state index is 2.37. The lowest BCUT2D eigenvalue weighted by Crippen LogP contribution is -2.30. The first-order valence-electron chi connectivity index (χ1n) is 14.2. The lowest BCUT2D eigenvalue weighted by atomic mass is 9.65. The van der Waals surface area contributed by atoms with Crippen molar-refractivity contribution in [3.63, 3.8) is 0 Å². The summed E-state index contributed by atoms with van der Waals surface area (Å²) >= 11 is 2.08. The summed E-state index contributed by atoms with van der Waals surface area (Å²) in [5, 5.41) is 0. The predicted molar refractivity (Wildman–Crippen MR) is 173 cm³/mol. The quantitative estimate of drug-likeness (QED) is 0.201. The SMILES string of the molecule is c1ccc(C(=C2c3ccccc3C3(SC3(c3ccccc3)c3ccccc3)c3ccccc32)c2ccccc2)cc1. The molecule has 1 aliphatic heterocycles. The van der Waals surface area contributed by atoms with E-state index in [-0.39, 0.29) is 9.49 Å². The molecule has 6 aromatic rings. The Balaban J connectivity index is 1.50. The highest BCUT2D eigenvalue weighted by Gasteiger charge is 2.74. The molecule has 8 rings (SSSR count). The van der Waals surface area contributed by atoms with Crippen LogP contribution in [0.2, 0.25) is 0 Å². The van der Waals surface area contributed by atoms with E-state index in [1.807, 2.05) is 0 Å². The summed E-state index contributed by atoms with van der Waals surface area (Å²) < 4.78 is -0.474. The van der Waals surface area contributed by atoms with Crippen molar-refractivity contribution in [3.8, 4) is 0 Å². The molecule has 1 aliphatic carbocycles. The van der Waals surface area contributed by atoms with Gasteiger partial charge in [0.05, 0.1) is 9.49 Å². The Labute approximate surface area is 246 Å². The van der Waals surface area contributed by atoms with Crippen LogP contribution in [0.1, 0.15) is 44.5 Å². The van der Waals surface area contributed by atoms with Crippen molar-refractivity contribution >= 4 is 22.9 Å². The lowest BCUT2D eigenvalue weighted by Gasteiger charge is -2.35. The standard InChI is InChI=1S/C40H28S/c1-5-17-29(18-6-1)37(30-19-7-2-8-20-30)38-33-25-13-15-27-35(33)40(36-28-16-14-26-34(36)38)39(41-40,31-21-9-3-10-22-31)32-23-11-4-12-24-32/h1-28H. The molecule has 1 heteroatoms. The number of rotatable bonds is 4. The third kappa shape index (κ3) is 3.49. The van der Waals surface area contributed by atoms with Crippen molar-refractivity contribution < 1.29 is 0 Å². The Morgan fingerprint density at radius 3 is 1.17 bits per heavy atom. The van der Waals surface area contributed by atoms with Crippen molar-refractivity contribution in [2.45, 2.75) is 9.49 Å². The van der Waals surface area contributed by atoms with Crippen LogP contribution in [0.15, 0.2) is 170 Å². The molecule has 1 heterocycles. The average Bonchev–Trinajstić information content (AvgIpc) is 3.76. The fourth-order valence-electron chi connectivity index (χ4n) is 6.97. The van der Waals surface area contributed by atoms with Gasteiger partial charge in [0.15, 0.2) is 0 Å². The molecule has 0 radical (unpaired) electrons. The van der Waals surface area contributed by atoms with Gasteiger partial charge in [-0.3, -0.25) is 0 Å². The van der Waals surface area contributed by atoms with Gasteiger partial charge in [0.25, 0.3) is 0 Å². The summed E-state index contributed by atoms with van der Waals surface area (Å²) in [7, 11) is 0. The zero-order valence-corrected chi connectivity index (χ0v) is 23.4. The van der Waals surface area contributed by atoms with E-state index in [1.165, 1.54) is 55.7 Å². The zero-order chi connectivity index (χ0) is 27.3. The number of hydrogen-bond donors (Lipinski definition) is 0. The molecule has 41 heavy (non-hydrogen) atoms. The number of fused-ring (bicyclic) bond motifs is 4. The van der Waals surface area contributed by atoms with E-state index < -0.39 is 0 Å². The molecule has 1 fully saturated rings. The van der Waals surface area contributed by atoms with Crippen molar-refractivity contribution in [2.24, 2.45) is 0 Å². The summed E-state index contributed by atoms with van der Waals surface area (Å²) in [4.78, 5) is 0. The van der Waals surface area contributed by atoms with Gasteiger partial charge in [-0.2, -0.15) is 0 Å². The molecule has 0 saturated carbocycles. The van der Waals surface area contributed by atoms with E-state index in [1.54, 1.807) is 0 Å². The summed E-state index contributed by atoms with van der Waals surface area (Å²) in [6.45, 7) is 0. The Morgan fingerprint density at radius 2 is 0.732 bits per heavy atom. The van der Waals surface area contributed by atoms with Crippen molar-refractivity contribution in [3.05, 3.63) is 214 Å². The number of hydrogen-bond acceptors (Lipinski definition) is 1. The first-order chi connectivity index (χ1) is 20.3. The smallest absolute Gasteiger partial charge is 0.0911 e. The van der Waals surface area contributed by atoms with Crippen LogP contribution < -0.4 is 0 Å². The second-order valence-corrected chi connectivity index (χ2v) is 12.2. The van der Waals surface area contributed by atoms with Crippen LogP contribution in [0, 0.1) is 0 Å². The monoisotopic (exact) mass is 540 g/mol. The minimum absolute atomic E-state index is 0.229. The van der Waals surface area contributed by atoms with Crippen molar-refractivity contribution in [1.82, 2.24) is 0 Å². The normalized spacial score (nSPS) is 17.9. The highest BCUT2D eigenvalue weighted by Crippen LogP contribution is 2.83. The van der Waals surface area contributed by atoms with Crippen molar-refractivity contribution in [1.29, 1.82) is 0 Å². The Hall–Kier alpha value is -4.59. The highest BCUT2D eigenvalue weighted by molar-refractivity contribution is 8.09. The van der Waals surface area contributed by atoms with E-state index in [4.69, 9.17) is 0 Å². The van der Waals surface area contributed by atoms with Gasteiger partial charge in [-0.25, -0.2) is 0 Å². The molecule has 0 unspecified atom stereocenters. The molecule has 194 valence electrons. The summed E-state index contributed by atoms with van der Waals surface area (Å²) in [6, 6.07) is 62.3. The zero-order valence-electron chi connectivity index (χ0n) is 22.6. The minimum Gasteiger partial charge on any atom is -0.124 e. The Bertz CT molecular complexity index is 1760. The van der Waals surface area contributed by atoms with Gasteiger partial charge in [-0.15, -0.1) is 11.8 Å². The maximum absolute atomic E-state index is 2.37. The van der Waals surface area contributed by atoms with Gasteiger partial charge in [0.1, 0.15) is 0 Å². The second kappa shape index (κ2) is 9.51. The molecule has 0 aromatic heterocycles. The van der Waals surface area contributed by atoms with Gasteiger partial charge in [-0.05, 0) is 55.7 Å². The number of benzene rings is 6. The van der Waals surface area contributed by atoms with Gasteiger partial charge in [0.2, 0.25) is 0 Å². The molecule has 2 aliphatic rings. The number of thioether (sulfide) groups is 1.